The molecule has 0 saturated carbocycles. The third-order valence-electron chi connectivity index (χ3n) is 2.37. The number of nitrogens with one attached hydrogen (secondary N) is 1. The lowest BCUT2D eigenvalue weighted by atomic mass is 10.2. The number of anilines is 1. The Morgan fingerprint density at radius 2 is 2.05 bits per heavy atom. The van der Waals surface area contributed by atoms with Crippen LogP contribution in [0, 0.1) is 11.3 Å². The highest BCUT2D eigenvalue weighted by atomic mass is 32.1. The molecule has 5 nitrogen and oxygen atoms in total. The Hall–Kier alpha value is -2.60. The van der Waals surface area contributed by atoms with E-state index in [9.17, 15) is 18.0 Å². The first-order valence-electron chi connectivity index (χ1n) is 5.86. The highest BCUT2D eigenvalue weighted by Crippen LogP contribution is 2.28. The third kappa shape index (κ3) is 4.46. The van der Waals surface area contributed by atoms with Crippen molar-refractivity contribution < 1.29 is 22.7 Å². The van der Waals surface area contributed by atoms with Crippen molar-refractivity contribution in [2.45, 2.75) is 12.8 Å². The van der Waals surface area contributed by atoms with Crippen molar-refractivity contribution in [3.05, 3.63) is 29.6 Å². The summed E-state index contributed by atoms with van der Waals surface area (Å²) in [5, 5.41) is 12.8. The second-order valence-electron chi connectivity index (χ2n) is 3.99. The number of thiazole rings is 1. The van der Waals surface area contributed by atoms with Gasteiger partial charge in [0.15, 0.2) is 5.13 Å². The fraction of sp³-hybridized carbons (Fsp3) is 0.154. The van der Waals surface area contributed by atoms with Crippen LogP contribution in [0.4, 0.5) is 18.3 Å². The van der Waals surface area contributed by atoms with Crippen molar-refractivity contribution >= 4 is 22.4 Å². The molecule has 0 saturated heterocycles. The van der Waals surface area contributed by atoms with E-state index in [1.165, 1.54) is 24.3 Å². The molecule has 22 heavy (non-hydrogen) atoms. The number of amides is 1. The molecule has 0 radical (unpaired) electrons. The van der Waals surface area contributed by atoms with Crippen molar-refractivity contribution in [3.8, 4) is 23.1 Å². The molecule has 0 aliphatic rings. The van der Waals surface area contributed by atoms with E-state index in [-0.39, 0.29) is 12.2 Å². The molecule has 0 bridgehead atoms. The second kappa shape index (κ2) is 6.44. The lowest BCUT2D eigenvalue weighted by Crippen LogP contribution is -2.16. The van der Waals surface area contributed by atoms with E-state index in [1.807, 2.05) is 0 Å². The Morgan fingerprint density at radius 3 is 2.64 bits per heavy atom. The second-order valence-corrected chi connectivity index (χ2v) is 4.85. The zero-order valence-electron chi connectivity index (χ0n) is 10.8. The molecule has 0 fully saturated rings. The fourth-order valence-corrected chi connectivity index (χ4v) is 2.26. The summed E-state index contributed by atoms with van der Waals surface area (Å²) >= 11 is 1.15. The predicted octanol–water partition coefficient (Wildman–Crippen LogP) is 3.56. The standard InChI is InChI=1S/C13H8F3N3O2S/c14-13(15,16)21-9-3-1-8(2-4-9)10-7-22-12(18-10)19-11(20)5-6-17/h1-4,7H,5H2,(H,18,19,20). The molecule has 0 aliphatic carbocycles. The van der Waals surface area contributed by atoms with E-state index in [0.717, 1.165) is 11.3 Å². The molecule has 0 aliphatic heterocycles. The number of nitriles is 1. The summed E-state index contributed by atoms with van der Waals surface area (Å²) < 4.78 is 39.9. The summed E-state index contributed by atoms with van der Waals surface area (Å²) in [5.41, 5.74) is 1.07. The lowest BCUT2D eigenvalue weighted by Gasteiger charge is -2.08. The van der Waals surface area contributed by atoms with Crippen LogP contribution in [0.5, 0.6) is 5.75 Å². The first kappa shape index (κ1) is 15.8. The number of carbonyl (C=O) groups excluding carboxylic acids is 1. The molecule has 0 atom stereocenters. The average molecular weight is 327 g/mol. The Morgan fingerprint density at radius 1 is 1.36 bits per heavy atom. The van der Waals surface area contributed by atoms with Gasteiger partial charge in [0, 0.05) is 10.9 Å². The zero-order chi connectivity index (χ0) is 16.2. The summed E-state index contributed by atoms with van der Waals surface area (Å²) in [7, 11) is 0. The van der Waals surface area contributed by atoms with Gasteiger partial charge >= 0.3 is 6.36 Å². The van der Waals surface area contributed by atoms with Crippen LogP contribution >= 0.6 is 11.3 Å². The molecule has 114 valence electrons. The molecule has 2 aromatic rings. The number of alkyl halides is 3. The fourth-order valence-electron chi connectivity index (χ4n) is 1.53. The summed E-state index contributed by atoms with van der Waals surface area (Å²) in [6.45, 7) is 0. The Kier molecular flexibility index (Phi) is 4.62. The van der Waals surface area contributed by atoms with Gasteiger partial charge in [0.25, 0.3) is 0 Å². The summed E-state index contributed by atoms with van der Waals surface area (Å²) in [6, 6.07) is 6.92. The van der Waals surface area contributed by atoms with Gasteiger partial charge < -0.3 is 10.1 Å². The molecule has 0 unspecified atom stereocenters. The van der Waals surface area contributed by atoms with Crippen LogP contribution in [0.25, 0.3) is 11.3 Å². The quantitative estimate of drug-likeness (QED) is 0.931. The van der Waals surface area contributed by atoms with Gasteiger partial charge in [-0.05, 0) is 24.3 Å². The molecule has 9 heteroatoms. The molecule has 1 aromatic carbocycles. The van der Waals surface area contributed by atoms with E-state index in [1.54, 1.807) is 11.4 Å². The third-order valence-corrected chi connectivity index (χ3v) is 3.13. The number of aromatic nitrogens is 1. The minimum atomic E-state index is -4.74. The molecule has 1 heterocycles. The van der Waals surface area contributed by atoms with Gasteiger partial charge in [-0.15, -0.1) is 24.5 Å². The Labute approximate surface area is 127 Å². The molecular weight excluding hydrogens is 319 g/mol. The molecule has 1 N–H and O–H groups in total. The number of halogens is 3. The monoisotopic (exact) mass is 327 g/mol. The van der Waals surface area contributed by atoms with E-state index >= 15 is 0 Å². The van der Waals surface area contributed by atoms with Crippen LogP contribution in [-0.4, -0.2) is 17.3 Å². The van der Waals surface area contributed by atoms with E-state index < -0.39 is 12.3 Å². The van der Waals surface area contributed by atoms with Gasteiger partial charge in [0.1, 0.15) is 12.2 Å². The summed E-state index contributed by atoms with van der Waals surface area (Å²) in [6.07, 6.45) is -5.02. The number of rotatable bonds is 4. The van der Waals surface area contributed by atoms with Crippen molar-refractivity contribution in [1.82, 2.24) is 4.98 Å². The van der Waals surface area contributed by atoms with E-state index in [2.05, 4.69) is 15.0 Å². The average Bonchev–Trinajstić information content (AvgIpc) is 2.86. The minimum absolute atomic E-state index is 0.279. The van der Waals surface area contributed by atoms with Crippen molar-refractivity contribution in [2.24, 2.45) is 0 Å². The van der Waals surface area contributed by atoms with Gasteiger partial charge in [-0.3, -0.25) is 4.79 Å². The molecule has 2 rings (SSSR count). The lowest BCUT2D eigenvalue weighted by molar-refractivity contribution is -0.274. The number of carbonyl (C=O) groups is 1. The molecule has 0 spiro atoms. The summed E-state index contributed by atoms with van der Waals surface area (Å²) in [5.74, 6) is -0.800. The minimum Gasteiger partial charge on any atom is -0.406 e. The first-order chi connectivity index (χ1) is 10.4. The maximum absolute atomic E-state index is 12.1. The van der Waals surface area contributed by atoms with Crippen molar-refractivity contribution in [3.63, 3.8) is 0 Å². The van der Waals surface area contributed by atoms with Crippen LogP contribution in [0.2, 0.25) is 0 Å². The van der Waals surface area contributed by atoms with Gasteiger partial charge in [-0.2, -0.15) is 5.26 Å². The number of benzene rings is 1. The van der Waals surface area contributed by atoms with Crippen LogP contribution in [0.15, 0.2) is 29.6 Å². The van der Waals surface area contributed by atoms with E-state index in [0.29, 0.717) is 16.4 Å². The highest BCUT2D eigenvalue weighted by molar-refractivity contribution is 7.14. The Balaban J connectivity index is 2.08. The largest absolute Gasteiger partial charge is 0.573 e. The number of ether oxygens (including phenoxy) is 1. The van der Waals surface area contributed by atoms with Crippen LogP contribution < -0.4 is 10.1 Å². The van der Waals surface area contributed by atoms with Gasteiger partial charge in [0.05, 0.1) is 11.8 Å². The van der Waals surface area contributed by atoms with Gasteiger partial charge in [-0.1, -0.05) is 0 Å². The maximum atomic E-state index is 12.1. The number of hydrogen-bond acceptors (Lipinski definition) is 5. The Bertz CT molecular complexity index is 705. The van der Waals surface area contributed by atoms with Crippen LogP contribution in [0.3, 0.4) is 0 Å². The normalized spacial score (nSPS) is 10.8. The topological polar surface area (TPSA) is 75.0 Å². The highest BCUT2D eigenvalue weighted by Gasteiger charge is 2.30. The van der Waals surface area contributed by atoms with Gasteiger partial charge in [-0.25, -0.2) is 4.98 Å². The molecule has 1 amide bonds. The van der Waals surface area contributed by atoms with Crippen molar-refractivity contribution in [2.75, 3.05) is 5.32 Å². The van der Waals surface area contributed by atoms with Crippen molar-refractivity contribution in [1.29, 1.82) is 5.26 Å². The van der Waals surface area contributed by atoms with Crippen LogP contribution in [-0.2, 0) is 4.79 Å². The molecular formula is C13H8F3N3O2S. The van der Waals surface area contributed by atoms with Gasteiger partial charge in [0.2, 0.25) is 5.91 Å². The van der Waals surface area contributed by atoms with E-state index in [4.69, 9.17) is 5.26 Å². The zero-order valence-corrected chi connectivity index (χ0v) is 11.7. The predicted molar refractivity (Wildman–Crippen MR) is 73.1 cm³/mol. The molecule has 1 aromatic heterocycles. The smallest absolute Gasteiger partial charge is 0.406 e. The number of nitrogens with zero attached hydrogens (tertiary/aromatic N) is 2. The number of hydrogen-bond donors (Lipinski definition) is 1. The first-order valence-corrected chi connectivity index (χ1v) is 6.74. The SMILES string of the molecule is N#CCC(=O)Nc1nc(-c2ccc(OC(F)(F)F)cc2)cs1. The summed E-state index contributed by atoms with van der Waals surface area (Å²) in [4.78, 5) is 15.4. The van der Waals surface area contributed by atoms with Crippen LogP contribution in [0.1, 0.15) is 6.42 Å². The maximum Gasteiger partial charge on any atom is 0.573 e.